The summed E-state index contributed by atoms with van der Waals surface area (Å²) >= 11 is 0. The smallest absolute Gasteiger partial charge is 0.146 e. The molecule has 0 aromatic heterocycles. The van der Waals surface area contributed by atoms with Crippen molar-refractivity contribution in [3.8, 4) is 5.75 Å². The average molecular weight is 291 g/mol. The molecule has 0 spiro atoms. The summed E-state index contributed by atoms with van der Waals surface area (Å²) in [6, 6.07) is 10.9. The number of halogens is 2. The zero-order valence-corrected chi connectivity index (χ0v) is 12.0. The second-order valence-corrected chi connectivity index (χ2v) is 4.82. The van der Waals surface area contributed by atoms with Crippen molar-refractivity contribution < 1.29 is 13.5 Å². The topological polar surface area (TPSA) is 21.3 Å². The summed E-state index contributed by atoms with van der Waals surface area (Å²) in [6.07, 6.45) is 2.13. The fourth-order valence-electron chi connectivity index (χ4n) is 1.87. The van der Waals surface area contributed by atoms with Crippen molar-refractivity contribution in [1.82, 2.24) is 0 Å². The van der Waals surface area contributed by atoms with Gasteiger partial charge in [0.15, 0.2) is 0 Å². The lowest BCUT2D eigenvalue weighted by Crippen LogP contribution is -2.02. The van der Waals surface area contributed by atoms with Crippen molar-refractivity contribution in [2.24, 2.45) is 0 Å². The minimum Gasteiger partial charge on any atom is -0.494 e. The first-order chi connectivity index (χ1) is 10.2. The van der Waals surface area contributed by atoms with E-state index in [0.29, 0.717) is 13.2 Å². The fraction of sp³-hybridized carbons (Fsp3) is 0.294. The predicted octanol–water partition coefficient (Wildman–Crippen LogP) is 4.76. The SMILES string of the molecule is CCCCOc1ccc(CNc2cc(F)ccc2F)cc1. The third-order valence-corrected chi connectivity index (χ3v) is 3.10. The standard InChI is InChI=1S/C17H19F2NO/c1-2-3-10-21-15-7-4-13(5-8-15)12-20-17-11-14(18)6-9-16(17)19/h4-9,11,20H,2-3,10,12H2,1H3. The maximum Gasteiger partial charge on any atom is 0.146 e. The molecule has 0 radical (unpaired) electrons. The number of benzene rings is 2. The summed E-state index contributed by atoms with van der Waals surface area (Å²) in [7, 11) is 0. The van der Waals surface area contributed by atoms with E-state index in [1.54, 1.807) is 0 Å². The van der Waals surface area contributed by atoms with Gasteiger partial charge in [-0.25, -0.2) is 8.78 Å². The minimum absolute atomic E-state index is 0.165. The molecule has 0 aliphatic carbocycles. The van der Waals surface area contributed by atoms with Gasteiger partial charge >= 0.3 is 0 Å². The molecule has 21 heavy (non-hydrogen) atoms. The zero-order valence-electron chi connectivity index (χ0n) is 12.0. The lowest BCUT2D eigenvalue weighted by molar-refractivity contribution is 0.309. The van der Waals surface area contributed by atoms with Gasteiger partial charge in [0.05, 0.1) is 12.3 Å². The number of rotatable bonds is 7. The van der Waals surface area contributed by atoms with E-state index in [2.05, 4.69) is 12.2 Å². The Morgan fingerprint density at radius 3 is 2.52 bits per heavy atom. The number of hydrogen-bond donors (Lipinski definition) is 1. The molecule has 0 fully saturated rings. The van der Waals surface area contributed by atoms with E-state index in [0.717, 1.165) is 42.4 Å². The lowest BCUT2D eigenvalue weighted by atomic mass is 10.2. The average Bonchev–Trinajstić information content (AvgIpc) is 2.50. The van der Waals surface area contributed by atoms with Gasteiger partial charge in [0, 0.05) is 6.54 Å². The first-order valence-corrected chi connectivity index (χ1v) is 7.09. The van der Waals surface area contributed by atoms with E-state index < -0.39 is 11.6 Å². The molecular weight excluding hydrogens is 272 g/mol. The zero-order chi connectivity index (χ0) is 15.1. The number of anilines is 1. The molecule has 0 heterocycles. The highest BCUT2D eigenvalue weighted by Crippen LogP contribution is 2.18. The number of unbranched alkanes of at least 4 members (excludes halogenated alkanes) is 1. The van der Waals surface area contributed by atoms with E-state index in [-0.39, 0.29) is 5.69 Å². The van der Waals surface area contributed by atoms with E-state index in [9.17, 15) is 8.78 Å². The van der Waals surface area contributed by atoms with Crippen molar-refractivity contribution in [2.75, 3.05) is 11.9 Å². The highest BCUT2D eigenvalue weighted by atomic mass is 19.1. The quantitative estimate of drug-likeness (QED) is 0.743. The lowest BCUT2D eigenvalue weighted by Gasteiger charge is -2.09. The molecule has 2 nitrogen and oxygen atoms in total. The number of hydrogen-bond acceptors (Lipinski definition) is 2. The molecule has 0 aliphatic rings. The van der Waals surface area contributed by atoms with Crippen LogP contribution in [0.25, 0.3) is 0 Å². The summed E-state index contributed by atoms with van der Waals surface area (Å²) in [5, 5.41) is 2.89. The van der Waals surface area contributed by atoms with E-state index in [1.165, 1.54) is 0 Å². The van der Waals surface area contributed by atoms with Crippen LogP contribution in [0.5, 0.6) is 5.75 Å². The normalized spacial score (nSPS) is 10.4. The van der Waals surface area contributed by atoms with Crippen molar-refractivity contribution >= 4 is 5.69 Å². The molecule has 2 aromatic carbocycles. The Balaban J connectivity index is 1.90. The van der Waals surface area contributed by atoms with Crippen LogP contribution < -0.4 is 10.1 Å². The van der Waals surface area contributed by atoms with Crippen LogP contribution in [0.1, 0.15) is 25.3 Å². The van der Waals surface area contributed by atoms with Crippen LogP contribution in [0.15, 0.2) is 42.5 Å². The Labute approximate surface area is 123 Å². The van der Waals surface area contributed by atoms with Crippen LogP contribution in [-0.4, -0.2) is 6.61 Å². The monoisotopic (exact) mass is 291 g/mol. The van der Waals surface area contributed by atoms with Gasteiger partial charge in [-0.2, -0.15) is 0 Å². The van der Waals surface area contributed by atoms with Crippen LogP contribution >= 0.6 is 0 Å². The molecule has 0 atom stereocenters. The summed E-state index contributed by atoms with van der Waals surface area (Å²) in [6.45, 7) is 3.25. The van der Waals surface area contributed by atoms with Gasteiger partial charge in [-0.1, -0.05) is 25.5 Å². The molecule has 112 valence electrons. The van der Waals surface area contributed by atoms with Crippen molar-refractivity contribution in [2.45, 2.75) is 26.3 Å². The Morgan fingerprint density at radius 2 is 1.81 bits per heavy atom. The third-order valence-electron chi connectivity index (χ3n) is 3.10. The van der Waals surface area contributed by atoms with Gasteiger partial charge in [0.2, 0.25) is 0 Å². The summed E-state index contributed by atoms with van der Waals surface area (Å²) < 4.78 is 32.1. The molecule has 0 bridgehead atoms. The van der Waals surface area contributed by atoms with Gasteiger partial charge in [-0.3, -0.25) is 0 Å². The van der Waals surface area contributed by atoms with E-state index in [1.807, 2.05) is 24.3 Å². The summed E-state index contributed by atoms with van der Waals surface area (Å²) in [5.41, 5.74) is 1.14. The van der Waals surface area contributed by atoms with E-state index in [4.69, 9.17) is 4.74 Å². The van der Waals surface area contributed by atoms with Crippen LogP contribution in [0.2, 0.25) is 0 Å². The Bertz CT molecular complexity index is 570. The molecule has 2 rings (SSSR count). The number of ether oxygens (including phenoxy) is 1. The Hall–Kier alpha value is -2.10. The van der Waals surface area contributed by atoms with Crippen LogP contribution in [0.4, 0.5) is 14.5 Å². The predicted molar refractivity (Wildman–Crippen MR) is 80.5 cm³/mol. The van der Waals surface area contributed by atoms with Gasteiger partial charge < -0.3 is 10.1 Å². The first-order valence-electron chi connectivity index (χ1n) is 7.09. The van der Waals surface area contributed by atoms with Crippen LogP contribution in [-0.2, 0) is 6.54 Å². The highest BCUT2D eigenvalue weighted by Gasteiger charge is 2.03. The van der Waals surface area contributed by atoms with Crippen LogP contribution in [0.3, 0.4) is 0 Å². The van der Waals surface area contributed by atoms with Gasteiger partial charge in [0.25, 0.3) is 0 Å². The maximum absolute atomic E-state index is 13.5. The molecule has 0 amide bonds. The Morgan fingerprint density at radius 1 is 1.05 bits per heavy atom. The Kier molecular flexibility index (Phi) is 5.55. The number of nitrogens with one attached hydrogen (secondary N) is 1. The molecule has 0 saturated heterocycles. The van der Waals surface area contributed by atoms with Gasteiger partial charge in [0.1, 0.15) is 17.4 Å². The second-order valence-electron chi connectivity index (χ2n) is 4.82. The molecular formula is C17H19F2NO. The molecule has 2 aromatic rings. The fourth-order valence-corrected chi connectivity index (χ4v) is 1.87. The highest BCUT2D eigenvalue weighted by molar-refractivity contribution is 5.45. The van der Waals surface area contributed by atoms with E-state index >= 15 is 0 Å². The van der Waals surface area contributed by atoms with Crippen molar-refractivity contribution in [3.05, 3.63) is 59.7 Å². The molecule has 0 saturated carbocycles. The van der Waals surface area contributed by atoms with Crippen LogP contribution in [0, 0.1) is 11.6 Å². The maximum atomic E-state index is 13.5. The van der Waals surface area contributed by atoms with Crippen molar-refractivity contribution in [1.29, 1.82) is 0 Å². The second kappa shape index (κ2) is 7.62. The molecule has 1 N–H and O–H groups in total. The molecule has 0 aliphatic heterocycles. The molecule has 4 heteroatoms. The first kappa shape index (κ1) is 15.3. The minimum atomic E-state index is -0.462. The third kappa shape index (κ3) is 4.74. The summed E-state index contributed by atoms with van der Waals surface area (Å²) in [5.74, 6) is -0.0985. The molecule has 0 unspecified atom stereocenters. The van der Waals surface area contributed by atoms with Gasteiger partial charge in [-0.15, -0.1) is 0 Å². The summed E-state index contributed by atoms with van der Waals surface area (Å²) in [4.78, 5) is 0. The van der Waals surface area contributed by atoms with Gasteiger partial charge in [-0.05, 0) is 42.3 Å². The van der Waals surface area contributed by atoms with Crippen molar-refractivity contribution in [3.63, 3.8) is 0 Å². The largest absolute Gasteiger partial charge is 0.494 e.